The average molecular weight is 310 g/mol. The summed E-state index contributed by atoms with van der Waals surface area (Å²) < 4.78 is 0. The number of rotatable bonds is 5. The van der Waals surface area contributed by atoms with Crippen molar-refractivity contribution < 1.29 is 14.7 Å². The number of hydrogen-bond acceptors (Lipinski definition) is 3. The second-order valence-corrected chi connectivity index (χ2v) is 6.82. The Morgan fingerprint density at radius 2 is 2.14 bits per heavy atom. The zero-order valence-electron chi connectivity index (χ0n) is 12.3. The maximum Gasteiger partial charge on any atom is 0.315 e. The molecule has 1 aromatic rings. The van der Waals surface area contributed by atoms with Gasteiger partial charge < -0.3 is 15.7 Å². The number of carboxylic acid groups (broad SMARTS) is 1. The molecule has 116 valence electrons. The molecule has 1 fully saturated rings. The van der Waals surface area contributed by atoms with Crippen molar-refractivity contribution in [3.05, 3.63) is 22.4 Å². The number of aliphatic carboxylic acids is 1. The van der Waals surface area contributed by atoms with E-state index >= 15 is 0 Å². The minimum Gasteiger partial charge on any atom is -0.481 e. The summed E-state index contributed by atoms with van der Waals surface area (Å²) in [5, 5.41) is 16.9. The van der Waals surface area contributed by atoms with Gasteiger partial charge in [0.1, 0.15) is 0 Å². The van der Waals surface area contributed by atoms with Crippen LogP contribution in [0.3, 0.4) is 0 Å². The maximum atomic E-state index is 12.2. The number of urea groups is 1. The Morgan fingerprint density at radius 1 is 1.38 bits per heavy atom. The summed E-state index contributed by atoms with van der Waals surface area (Å²) in [5.74, 6) is -1.01. The molecular formula is C15H22N2O3S. The van der Waals surface area contributed by atoms with E-state index in [1.54, 1.807) is 11.3 Å². The highest BCUT2D eigenvalue weighted by molar-refractivity contribution is 7.10. The topological polar surface area (TPSA) is 78.4 Å². The fraction of sp³-hybridized carbons (Fsp3) is 0.600. The van der Waals surface area contributed by atoms with Gasteiger partial charge in [-0.3, -0.25) is 4.79 Å². The van der Waals surface area contributed by atoms with Crippen LogP contribution in [-0.2, 0) is 4.79 Å². The van der Waals surface area contributed by atoms with Crippen LogP contribution in [0, 0.1) is 11.8 Å². The zero-order chi connectivity index (χ0) is 15.4. The lowest BCUT2D eigenvalue weighted by Gasteiger charge is -2.24. The van der Waals surface area contributed by atoms with E-state index < -0.39 is 11.9 Å². The fourth-order valence-electron chi connectivity index (χ4n) is 2.81. The minimum atomic E-state index is -0.823. The highest BCUT2D eigenvalue weighted by Gasteiger charge is 2.34. The molecule has 0 aromatic carbocycles. The van der Waals surface area contributed by atoms with Gasteiger partial charge in [0.15, 0.2) is 0 Å². The standard InChI is InChI=1S/C15H22N2O3S/c1-9(2)13(12-7-4-8-21-12)17-15(20)16-11-6-3-5-10(11)14(18)19/h4,7-11,13H,3,5-6H2,1-2H3,(H,18,19)(H2,16,17,20). The molecule has 3 unspecified atom stereocenters. The molecule has 3 atom stereocenters. The van der Waals surface area contributed by atoms with Crippen molar-refractivity contribution in [1.29, 1.82) is 0 Å². The van der Waals surface area contributed by atoms with E-state index in [0.29, 0.717) is 6.42 Å². The summed E-state index contributed by atoms with van der Waals surface area (Å²) in [4.78, 5) is 24.4. The Bertz CT molecular complexity index is 487. The van der Waals surface area contributed by atoms with Crippen molar-refractivity contribution >= 4 is 23.3 Å². The molecule has 1 heterocycles. The normalized spacial score (nSPS) is 23.0. The van der Waals surface area contributed by atoms with Gasteiger partial charge in [-0.25, -0.2) is 4.79 Å². The van der Waals surface area contributed by atoms with Gasteiger partial charge in [-0.2, -0.15) is 0 Å². The number of hydrogen-bond donors (Lipinski definition) is 3. The van der Waals surface area contributed by atoms with Crippen LogP contribution in [0.1, 0.15) is 44.0 Å². The molecule has 21 heavy (non-hydrogen) atoms. The first-order valence-corrected chi connectivity index (χ1v) is 8.20. The van der Waals surface area contributed by atoms with Gasteiger partial charge in [-0.1, -0.05) is 26.3 Å². The van der Waals surface area contributed by atoms with Gasteiger partial charge in [0, 0.05) is 10.9 Å². The number of amides is 2. The average Bonchev–Trinajstić information content (AvgIpc) is 3.06. The molecule has 1 aliphatic carbocycles. The Kier molecular flexibility index (Phi) is 5.22. The van der Waals surface area contributed by atoms with Gasteiger partial charge >= 0.3 is 12.0 Å². The van der Waals surface area contributed by atoms with E-state index in [2.05, 4.69) is 24.5 Å². The Hall–Kier alpha value is -1.56. The first-order valence-electron chi connectivity index (χ1n) is 7.32. The molecule has 6 heteroatoms. The van der Waals surface area contributed by atoms with Crippen LogP contribution < -0.4 is 10.6 Å². The van der Waals surface area contributed by atoms with Crippen LogP contribution in [0.2, 0.25) is 0 Å². The first kappa shape index (κ1) is 15.8. The summed E-state index contributed by atoms with van der Waals surface area (Å²) >= 11 is 1.61. The van der Waals surface area contributed by atoms with E-state index in [1.165, 1.54) is 0 Å². The molecule has 1 aliphatic rings. The van der Waals surface area contributed by atoms with Gasteiger partial charge in [-0.15, -0.1) is 11.3 Å². The second-order valence-electron chi connectivity index (χ2n) is 5.84. The number of nitrogens with one attached hydrogen (secondary N) is 2. The van der Waals surface area contributed by atoms with Crippen LogP contribution in [0.25, 0.3) is 0 Å². The second kappa shape index (κ2) is 6.93. The van der Waals surface area contributed by atoms with Gasteiger partial charge in [0.25, 0.3) is 0 Å². The van der Waals surface area contributed by atoms with E-state index in [1.807, 2.05) is 17.5 Å². The third-order valence-electron chi connectivity index (χ3n) is 3.95. The quantitative estimate of drug-likeness (QED) is 0.782. The summed E-state index contributed by atoms with van der Waals surface area (Å²) in [6, 6.07) is 3.38. The number of thiophene rings is 1. The predicted molar refractivity (Wildman–Crippen MR) is 82.3 cm³/mol. The smallest absolute Gasteiger partial charge is 0.315 e. The number of carbonyl (C=O) groups excluding carboxylic acids is 1. The molecule has 0 aliphatic heterocycles. The molecule has 5 nitrogen and oxygen atoms in total. The molecule has 2 rings (SSSR count). The Balaban J connectivity index is 1.95. The molecular weight excluding hydrogens is 288 g/mol. The van der Waals surface area contributed by atoms with Crippen LogP contribution in [0.5, 0.6) is 0 Å². The van der Waals surface area contributed by atoms with Crippen molar-refractivity contribution in [1.82, 2.24) is 10.6 Å². The summed E-state index contributed by atoms with van der Waals surface area (Å²) in [7, 11) is 0. The third-order valence-corrected chi connectivity index (χ3v) is 4.91. The third kappa shape index (κ3) is 3.97. The predicted octanol–water partition coefficient (Wildman–Crippen LogP) is 3.00. The minimum absolute atomic E-state index is 0.0466. The molecule has 0 radical (unpaired) electrons. The summed E-state index contributed by atoms with van der Waals surface area (Å²) in [5.41, 5.74) is 0. The number of carbonyl (C=O) groups is 2. The zero-order valence-corrected chi connectivity index (χ0v) is 13.2. The van der Waals surface area contributed by atoms with E-state index in [-0.39, 0.29) is 24.0 Å². The lowest BCUT2D eigenvalue weighted by Crippen LogP contribution is -2.47. The molecule has 0 spiro atoms. The SMILES string of the molecule is CC(C)C(NC(=O)NC1CCCC1C(=O)O)c1cccs1. The largest absolute Gasteiger partial charge is 0.481 e. The summed E-state index contributed by atoms with van der Waals surface area (Å²) in [6.07, 6.45) is 2.22. The monoisotopic (exact) mass is 310 g/mol. The van der Waals surface area contributed by atoms with Crippen molar-refractivity contribution in [2.24, 2.45) is 11.8 Å². The van der Waals surface area contributed by atoms with Gasteiger partial charge in [0.05, 0.1) is 12.0 Å². The van der Waals surface area contributed by atoms with Crippen LogP contribution in [-0.4, -0.2) is 23.1 Å². The van der Waals surface area contributed by atoms with Crippen LogP contribution in [0.15, 0.2) is 17.5 Å². The highest BCUT2D eigenvalue weighted by Crippen LogP contribution is 2.27. The van der Waals surface area contributed by atoms with Gasteiger partial charge in [0.2, 0.25) is 0 Å². The first-order chi connectivity index (χ1) is 9.99. The molecule has 2 amide bonds. The molecule has 1 saturated carbocycles. The Morgan fingerprint density at radius 3 is 2.71 bits per heavy atom. The van der Waals surface area contributed by atoms with Crippen molar-refractivity contribution in [2.45, 2.75) is 45.2 Å². The maximum absolute atomic E-state index is 12.2. The molecule has 0 saturated heterocycles. The van der Waals surface area contributed by atoms with E-state index in [0.717, 1.165) is 17.7 Å². The Labute approximate surface area is 128 Å². The molecule has 3 N–H and O–H groups in total. The fourth-order valence-corrected chi connectivity index (χ4v) is 3.76. The van der Waals surface area contributed by atoms with Crippen molar-refractivity contribution in [2.75, 3.05) is 0 Å². The summed E-state index contributed by atoms with van der Waals surface area (Å²) in [6.45, 7) is 4.11. The van der Waals surface area contributed by atoms with Gasteiger partial charge in [-0.05, 0) is 30.2 Å². The molecule has 1 aromatic heterocycles. The van der Waals surface area contributed by atoms with E-state index in [4.69, 9.17) is 5.11 Å². The molecule has 0 bridgehead atoms. The van der Waals surface area contributed by atoms with Crippen LogP contribution >= 0.6 is 11.3 Å². The highest BCUT2D eigenvalue weighted by atomic mass is 32.1. The number of carboxylic acids is 1. The van der Waals surface area contributed by atoms with Crippen molar-refractivity contribution in [3.63, 3.8) is 0 Å². The van der Waals surface area contributed by atoms with Crippen LogP contribution in [0.4, 0.5) is 4.79 Å². The van der Waals surface area contributed by atoms with Crippen molar-refractivity contribution in [3.8, 4) is 0 Å². The lowest BCUT2D eigenvalue weighted by atomic mass is 10.0. The lowest BCUT2D eigenvalue weighted by molar-refractivity contribution is -0.142. The van der Waals surface area contributed by atoms with E-state index in [9.17, 15) is 9.59 Å².